The number of halogens is 1. The molecule has 0 aromatic heterocycles. The second kappa shape index (κ2) is 8.14. The van der Waals surface area contributed by atoms with Gasteiger partial charge in [0.05, 0.1) is 0 Å². The van der Waals surface area contributed by atoms with Gasteiger partial charge in [0.2, 0.25) is 0 Å². The molecule has 0 radical (unpaired) electrons. The van der Waals surface area contributed by atoms with Crippen molar-refractivity contribution in [2.45, 2.75) is 64.2 Å². The van der Waals surface area contributed by atoms with Gasteiger partial charge in [-0.05, 0) is 11.8 Å². The molecule has 2 aliphatic carbocycles. The van der Waals surface area contributed by atoms with Crippen LogP contribution in [-0.4, -0.2) is 0 Å². The van der Waals surface area contributed by atoms with Crippen LogP contribution in [0, 0.1) is 11.8 Å². The topological polar surface area (TPSA) is 0 Å². The molecular formula is C12H23ClPd. The van der Waals surface area contributed by atoms with Crippen LogP contribution in [0.3, 0.4) is 0 Å². The van der Waals surface area contributed by atoms with E-state index in [0.29, 0.717) is 0 Å². The number of hydrogen-bond acceptors (Lipinski definition) is 0. The van der Waals surface area contributed by atoms with Gasteiger partial charge in [-0.3, -0.25) is 0 Å². The van der Waals surface area contributed by atoms with Gasteiger partial charge >= 0.3 is 0 Å². The SMILES string of the molecule is C1CCC(C2CCCCC2)CC1.Cl.[Pd]. The van der Waals surface area contributed by atoms with E-state index < -0.39 is 0 Å². The largest absolute Gasteiger partial charge is 0.147 e. The summed E-state index contributed by atoms with van der Waals surface area (Å²) < 4.78 is 0. The smallest absolute Gasteiger partial charge is 0 e. The summed E-state index contributed by atoms with van der Waals surface area (Å²) in [4.78, 5) is 0. The Balaban J connectivity index is 0.000000845. The van der Waals surface area contributed by atoms with Crippen LogP contribution in [-0.2, 0) is 20.4 Å². The van der Waals surface area contributed by atoms with Crippen LogP contribution in [0.4, 0.5) is 0 Å². The first-order chi connectivity index (χ1) is 5.97. The Morgan fingerprint density at radius 2 is 0.786 bits per heavy atom. The molecule has 0 bridgehead atoms. The van der Waals surface area contributed by atoms with Crippen molar-refractivity contribution >= 4 is 12.4 Å². The van der Waals surface area contributed by atoms with Gasteiger partial charge in [-0.1, -0.05) is 64.2 Å². The molecule has 2 saturated carbocycles. The zero-order valence-electron chi connectivity index (χ0n) is 8.95. The van der Waals surface area contributed by atoms with Gasteiger partial charge < -0.3 is 0 Å². The standard InChI is InChI=1S/C12H22.ClH.Pd/c1-3-7-11(8-4-1)12-9-5-2-6-10-12;;/h11-12H,1-10H2;1H;. The third kappa shape index (κ3) is 4.21. The average molecular weight is 309 g/mol. The van der Waals surface area contributed by atoms with Crippen molar-refractivity contribution in [3.63, 3.8) is 0 Å². The molecule has 0 heterocycles. The second-order valence-electron chi connectivity index (χ2n) is 4.80. The predicted octanol–water partition coefficient (Wildman–Crippen LogP) is 4.57. The van der Waals surface area contributed by atoms with Crippen LogP contribution in [0.2, 0.25) is 0 Å². The zero-order chi connectivity index (χ0) is 8.23. The third-order valence-electron chi connectivity index (χ3n) is 3.97. The Morgan fingerprint density at radius 3 is 1.07 bits per heavy atom. The first kappa shape index (κ1) is 15.0. The Morgan fingerprint density at radius 1 is 0.500 bits per heavy atom. The molecule has 0 nitrogen and oxygen atoms in total. The van der Waals surface area contributed by atoms with E-state index in [4.69, 9.17) is 0 Å². The predicted molar refractivity (Wildman–Crippen MR) is 60.4 cm³/mol. The molecule has 14 heavy (non-hydrogen) atoms. The van der Waals surface area contributed by atoms with Gasteiger partial charge in [0.25, 0.3) is 0 Å². The fourth-order valence-corrected chi connectivity index (χ4v) is 3.21. The summed E-state index contributed by atoms with van der Waals surface area (Å²) in [7, 11) is 0. The first-order valence-electron chi connectivity index (χ1n) is 5.97. The van der Waals surface area contributed by atoms with Crippen molar-refractivity contribution in [2.75, 3.05) is 0 Å². The third-order valence-corrected chi connectivity index (χ3v) is 3.97. The first-order valence-corrected chi connectivity index (χ1v) is 5.97. The van der Waals surface area contributed by atoms with E-state index in [1.54, 1.807) is 25.7 Å². The molecule has 0 aromatic carbocycles. The molecule has 0 amide bonds. The molecule has 0 aliphatic heterocycles. The van der Waals surface area contributed by atoms with E-state index in [9.17, 15) is 0 Å². The number of hydrogen-bond donors (Lipinski definition) is 0. The maximum absolute atomic E-state index is 1.56. The van der Waals surface area contributed by atoms with Gasteiger partial charge in [-0.2, -0.15) is 0 Å². The Bertz CT molecular complexity index is 110. The van der Waals surface area contributed by atoms with E-state index in [-0.39, 0.29) is 32.8 Å². The molecule has 0 atom stereocenters. The van der Waals surface area contributed by atoms with E-state index >= 15 is 0 Å². The van der Waals surface area contributed by atoms with E-state index in [0.717, 1.165) is 11.8 Å². The van der Waals surface area contributed by atoms with Gasteiger partial charge in [0.1, 0.15) is 0 Å². The van der Waals surface area contributed by atoms with Crippen molar-refractivity contribution in [1.29, 1.82) is 0 Å². The van der Waals surface area contributed by atoms with Gasteiger partial charge in [0.15, 0.2) is 0 Å². The minimum Gasteiger partial charge on any atom is -0.147 e. The van der Waals surface area contributed by atoms with E-state index in [1.807, 2.05) is 0 Å². The fourth-order valence-electron chi connectivity index (χ4n) is 3.21. The van der Waals surface area contributed by atoms with Crippen molar-refractivity contribution < 1.29 is 20.4 Å². The fraction of sp³-hybridized carbons (Fsp3) is 1.00. The van der Waals surface area contributed by atoms with Gasteiger partial charge in [-0.15, -0.1) is 12.4 Å². The molecule has 88 valence electrons. The minimum absolute atomic E-state index is 0. The van der Waals surface area contributed by atoms with Gasteiger partial charge in [-0.25, -0.2) is 0 Å². The Kier molecular flexibility index (Phi) is 8.70. The Hall–Kier alpha value is 0.952. The van der Waals surface area contributed by atoms with Crippen molar-refractivity contribution in [2.24, 2.45) is 11.8 Å². The molecular weight excluding hydrogens is 286 g/mol. The maximum Gasteiger partial charge on any atom is 0 e. The van der Waals surface area contributed by atoms with Crippen LogP contribution in [0.25, 0.3) is 0 Å². The van der Waals surface area contributed by atoms with Crippen molar-refractivity contribution in [3.05, 3.63) is 0 Å². The Labute approximate surface area is 109 Å². The summed E-state index contributed by atoms with van der Waals surface area (Å²) in [6.45, 7) is 0. The summed E-state index contributed by atoms with van der Waals surface area (Å²) in [5.41, 5.74) is 0. The van der Waals surface area contributed by atoms with Crippen LogP contribution in [0.1, 0.15) is 64.2 Å². The summed E-state index contributed by atoms with van der Waals surface area (Å²) in [5, 5.41) is 0. The van der Waals surface area contributed by atoms with Crippen molar-refractivity contribution in [3.8, 4) is 0 Å². The average Bonchev–Trinajstić information content (AvgIpc) is 2.21. The molecule has 0 saturated heterocycles. The van der Waals surface area contributed by atoms with Crippen LogP contribution < -0.4 is 0 Å². The summed E-state index contributed by atoms with van der Waals surface area (Å²) >= 11 is 0. The van der Waals surface area contributed by atoms with E-state index in [1.165, 1.54) is 38.5 Å². The van der Waals surface area contributed by atoms with Crippen LogP contribution in [0.5, 0.6) is 0 Å². The zero-order valence-corrected chi connectivity index (χ0v) is 11.3. The van der Waals surface area contributed by atoms with Crippen LogP contribution >= 0.6 is 12.4 Å². The summed E-state index contributed by atoms with van der Waals surface area (Å²) in [5.74, 6) is 2.28. The van der Waals surface area contributed by atoms with Crippen molar-refractivity contribution in [1.82, 2.24) is 0 Å². The maximum atomic E-state index is 1.56. The molecule has 2 heteroatoms. The number of rotatable bonds is 1. The van der Waals surface area contributed by atoms with Gasteiger partial charge in [0, 0.05) is 20.4 Å². The molecule has 2 aliphatic rings. The molecule has 0 unspecified atom stereocenters. The molecule has 0 N–H and O–H groups in total. The normalized spacial score (nSPS) is 24.9. The summed E-state index contributed by atoms with van der Waals surface area (Å²) in [6, 6.07) is 0. The molecule has 0 aromatic rings. The van der Waals surface area contributed by atoms with Crippen LogP contribution in [0.15, 0.2) is 0 Å². The summed E-state index contributed by atoms with van der Waals surface area (Å²) in [6.07, 6.45) is 15.4. The second-order valence-corrected chi connectivity index (χ2v) is 4.80. The molecule has 2 rings (SSSR count). The quantitative estimate of drug-likeness (QED) is 0.623. The monoisotopic (exact) mass is 308 g/mol. The molecule has 0 spiro atoms. The van der Waals surface area contributed by atoms with E-state index in [2.05, 4.69) is 0 Å². The minimum atomic E-state index is 0. The molecule has 2 fully saturated rings.